The topological polar surface area (TPSA) is 87.7 Å². The van der Waals surface area contributed by atoms with Gasteiger partial charge in [-0.05, 0) is 49.2 Å². The first-order chi connectivity index (χ1) is 14.2. The summed E-state index contributed by atoms with van der Waals surface area (Å²) in [6.07, 6.45) is 1.83. The summed E-state index contributed by atoms with van der Waals surface area (Å²) in [5, 5.41) is 14.3. The van der Waals surface area contributed by atoms with Crippen molar-refractivity contribution >= 4 is 28.7 Å². The molecule has 2 aliphatic rings. The van der Waals surface area contributed by atoms with Crippen molar-refractivity contribution in [3.05, 3.63) is 76.8 Å². The molecule has 154 valence electrons. The van der Waals surface area contributed by atoms with Crippen LogP contribution in [0.1, 0.15) is 30.5 Å². The Morgan fingerprint density at radius 1 is 1.20 bits per heavy atom. The Kier molecular flexibility index (Phi) is 4.91. The molecule has 0 radical (unpaired) electrons. The standard InChI is InChI=1S/C23H21FN2O4/c1-23(2)17(14-5-3-13(4-6-14)11-25-12-20(27)28)10-19(30-23)21-16-9-15(24)7-8-18(16)26-22(21)29/h3-10,25H,11-12H2,1-2H3,(H,26,29)(H,27,28). The summed E-state index contributed by atoms with van der Waals surface area (Å²) in [5.74, 6) is -1.24. The number of benzene rings is 2. The van der Waals surface area contributed by atoms with Crippen LogP contribution in [0.25, 0.3) is 11.1 Å². The summed E-state index contributed by atoms with van der Waals surface area (Å²) in [6.45, 7) is 4.17. The van der Waals surface area contributed by atoms with E-state index in [1.165, 1.54) is 18.2 Å². The lowest BCUT2D eigenvalue weighted by atomic mass is 9.91. The zero-order chi connectivity index (χ0) is 21.5. The number of anilines is 1. The zero-order valence-corrected chi connectivity index (χ0v) is 16.6. The van der Waals surface area contributed by atoms with E-state index in [4.69, 9.17) is 9.84 Å². The van der Waals surface area contributed by atoms with Crippen LogP contribution in [-0.4, -0.2) is 29.1 Å². The number of carbonyl (C=O) groups excluding carboxylic acids is 1. The van der Waals surface area contributed by atoms with Gasteiger partial charge in [-0.2, -0.15) is 0 Å². The fraction of sp³-hybridized carbons (Fsp3) is 0.217. The van der Waals surface area contributed by atoms with Gasteiger partial charge in [0.25, 0.3) is 5.91 Å². The van der Waals surface area contributed by atoms with Crippen LogP contribution < -0.4 is 10.6 Å². The van der Waals surface area contributed by atoms with E-state index in [0.717, 1.165) is 16.7 Å². The van der Waals surface area contributed by atoms with Crippen molar-refractivity contribution in [2.75, 3.05) is 11.9 Å². The molecule has 0 fully saturated rings. The molecule has 1 amide bonds. The van der Waals surface area contributed by atoms with Gasteiger partial charge in [0.05, 0.1) is 12.1 Å². The van der Waals surface area contributed by atoms with Gasteiger partial charge in [-0.1, -0.05) is 24.3 Å². The predicted octanol–water partition coefficient (Wildman–Crippen LogP) is 3.56. The van der Waals surface area contributed by atoms with Crippen molar-refractivity contribution in [3.8, 4) is 0 Å². The number of halogens is 1. The van der Waals surface area contributed by atoms with Crippen molar-refractivity contribution in [1.82, 2.24) is 5.32 Å². The van der Waals surface area contributed by atoms with Crippen LogP contribution in [0.2, 0.25) is 0 Å². The Hall–Kier alpha value is -3.45. The molecule has 2 aromatic rings. The molecule has 30 heavy (non-hydrogen) atoms. The Morgan fingerprint density at radius 2 is 1.93 bits per heavy atom. The van der Waals surface area contributed by atoms with Gasteiger partial charge in [-0.25, -0.2) is 4.39 Å². The highest BCUT2D eigenvalue weighted by atomic mass is 19.1. The summed E-state index contributed by atoms with van der Waals surface area (Å²) >= 11 is 0. The monoisotopic (exact) mass is 408 g/mol. The molecule has 2 aromatic carbocycles. The van der Waals surface area contributed by atoms with E-state index in [9.17, 15) is 14.0 Å². The quantitative estimate of drug-likeness (QED) is 0.659. The van der Waals surface area contributed by atoms with Gasteiger partial charge in [0.2, 0.25) is 0 Å². The van der Waals surface area contributed by atoms with Gasteiger partial charge in [0.15, 0.2) is 0 Å². The number of allylic oxidation sites excluding steroid dienone is 1. The summed E-state index contributed by atoms with van der Waals surface area (Å²) in [5.41, 5.74) is 3.47. The van der Waals surface area contributed by atoms with Crippen LogP contribution in [0.4, 0.5) is 10.1 Å². The second-order valence-electron chi connectivity index (χ2n) is 7.75. The van der Waals surface area contributed by atoms with Gasteiger partial charge in [-0.3, -0.25) is 9.59 Å². The molecule has 0 unspecified atom stereocenters. The lowest BCUT2D eigenvalue weighted by Crippen LogP contribution is -2.22. The SMILES string of the molecule is CC1(C)OC(=C2C(=O)Nc3ccc(F)cc32)C=C1c1ccc(CNCC(=O)O)cc1. The third kappa shape index (κ3) is 3.71. The molecule has 2 heterocycles. The average molecular weight is 408 g/mol. The number of hydrogen-bond acceptors (Lipinski definition) is 4. The van der Waals surface area contributed by atoms with Gasteiger partial charge in [0.1, 0.15) is 17.2 Å². The fourth-order valence-electron chi connectivity index (χ4n) is 3.72. The summed E-state index contributed by atoms with van der Waals surface area (Å²) in [6, 6.07) is 11.9. The number of nitrogens with one attached hydrogen (secondary N) is 2. The van der Waals surface area contributed by atoms with E-state index < -0.39 is 17.4 Å². The highest BCUT2D eigenvalue weighted by molar-refractivity contribution is 6.32. The third-order valence-corrected chi connectivity index (χ3v) is 5.13. The van der Waals surface area contributed by atoms with Gasteiger partial charge >= 0.3 is 5.97 Å². The predicted molar refractivity (Wildman–Crippen MR) is 111 cm³/mol. The zero-order valence-electron chi connectivity index (χ0n) is 16.6. The summed E-state index contributed by atoms with van der Waals surface area (Å²) in [7, 11) is 0. The van der Waals surface area contributed by atoms with Gasteiger partial charge < -0.3 is 20.5 Å². The first-order valence-corrected chi connectivity index (χ1v) is 9.53. The maximum Gasteiger partial charge on any atom is 0.317 e. The number of fused-ring (bicyclic) bond motifs is 1. The molecular weight excluding hydrogens is 387 g/mol. The van der Waals surface area contributed by atoms with Crippen LogP contribution in [0.5, 0.6) is 0 Å². The molecule has 3 N–H and O–H groups in total. The number of ether oxygens (including phenoxy) is 1. The second-order valence-corrected chi connectivity index (χ2v) is 7.75. The first-order valence-electron chi connectivity index (χ1n) is 9.53. The Balaban J connectivity index is 1.66. The fourth-order valence-corrected chi connectivity index (χ4v) is 3.72. The maximum atomic E-state index is 13.8. The molecule has 0 saturated heterocycles. The van der Waals surface area contributed by atoms with Gasteiger partial charge in [-0.15, -0.1) is 0 Å². The minimum absolute atomic E-state index is 0.102. The Labute approximate surface area is 173 Å². The van der Waals surface area contributed by atoms with Crippen LogP contribution >= 0.6 is 0 Å². The maximum absolute atomic E-state index is 13.8. The van der Waals surface area contributed by atoms with E-state index in [2.05, 4.69) is 10.6 Å². The molecule has 0 atom stereocenters. The average Bonchev–Trinajstić information content (AvgIpc) is 3.16. The van der Waals surface area contributed by atoms with Crippen LogP contribution in [0.15, 0.2) is 54.3 Å². The number of aliphatic carboxylic acids is 1. The summed E-state index contributed by atoms with van der Waals surface area (Å²) < 4.78 is 19.9. The molecule has 7 heteroatoms. The Morgan fingerprint density at radius 3 is 2.63 bits per heavy atom. The second kappa shape index (κ2) is 7.42. The van der Waals surface area contributed by atoms with Crippen LogP contribution in [0.3, 0.4) is 0 Å². The number of carboxylic acid groups (broad SMARTS) is 1. The Bertz CT molecular complexity index is 1100. The first kappa shape index (κ1) is 19.8. The molecule has 0 spiro atoms. The number of carbonyl (C=O) groups is 2. The van der Waals surface area contributed by atoms with Crippen LogP contribution in [0, 0.1) is 5.82 Å². The van der Waals surface area contributed by atoms with Crippen molar-refractivity contribution in [3.63, 3.8) is 0 Å². The third-order valence-electron chi connectivity index (χ3n) is 5.13. The molecule has 0 aromatic heterocycles. The van der Waals surface area contributed by atoms with Crippen molar-refractivity contribution in [2.24, 2.45) is 0 Å². The number of amides is 1. The van der Waals surface area contributed by atoms with E-state index in [1.807, 2.05) is 44.2 Å². The number of hydrogen-bond donors (Lipinski definition) is 3. The highest BCUT2D eigenvalue weighted by Crippen LogP contribution is 2.44. The molecule has 0 aliphatic carbocycles. The lowest BCUT2D eigenvalue weighted by molar-refractivity contribution is -0.136. The normalized spacial score (nSPS) is 19.2. The molecule has 0 saturated carbocycles. The smallest absolute Gasteiger partial charge is 0.317 e. The van der Waals surface area contributed by atoms with Crippen molar-refractivity contribution < 1.29 is 23.8 Å². The largest absolute Gasteiger partial charge is 0.482 e. The minimum atomic E-state index is -0.903. The summed E-state index contributed by atoms with van der Waals surface area (Å²) in [4.78, 5) is 23.1. The molecule has 6 nitrogen and oxygen atoms in total. The number of carboxylic acids is 1. The van der Waals surface area contributed by atoms with E-state index in [-0.39, 0.29) is 12.5 Å². The van der Waals surface area contributed by atoms with Crippen LogP contribution in [-0.2, 0) is 20.9 Å². The van der Waals surface area contributed by atoms with E-state index >= 15 is 0 Å². The minimum Gasteiger partial charge on any atom is -0.482 e. The molecule has 0 bridgehead atoms. The van der Waals surface area contributed by atoms with E-state index in [1.54, 1.807) is 0 Å². The molecular formula is C23H21FN2O4. The molecule has 4 rings (SSSR count). The van der Waals surface area contributed by atoms with E-state index in [0.29, 0.717) is 29.1 Å². The molecule has 2 aliphatic heterocycles. The lowest BCUT2D eigenvalue weighted by Gasteiger charge is -2.23. The van der Waals surface area contributed by atoms with Crippen molar-refractivity contribution in [2.45, 2.75) is 26.0 Å². The van der Waals surface area contributed by atoms with Gasteiger partial charge in [0, 0.05) is 23.4 Å². The highest BCUT2D eigenvalue weighted by Gasteiger charge is 2.38. The van der Waals surface area contributed by atoms with Crippen molar-refractivity contribution in [1.29, 1.82) is 0 Å². The number of rotatable bonds is 5.